The van der Waals surface area contributed by atoms with E-state index >= 15 is 0 Å². The molecule has 2 aromatic rings. The van der Waals surface area contributed by atoms with Crippen molar-refractivity contribution in [2.24, 2.45) is 0 Å². The SMILES string of the molecule is CC(C(=O)NCc1cc(Br)cc2c1OCC2)n1cncn1. The number of hydrogen-bond acceptors (Lipinski definition) is 4. The third-order valence-electron chi connectivity index (χ3n) is 3.49. The van der Waals surface area contributed by atoms with Gasteiger partial charge < -0.3 is 10.1 Å². The summed E-state index contributed by atoms with van der Waals surface area (Å²) in [6.07, 6.45) is 3.86. The van der Waals surface area contributed by atoms with Crippen molar-refractivity contribution in [3.63, 3.8) is 0 Å². The van der Waals surface area contributed by atoms with Crippen LogP contribution in [-0.2, 0) is 17.8 Å². The van der Waals surface area contributed by atoms with Crippen molar-refractivity contribution in [3.8, 4) is 5.75 Å². The first-order valence-corrected chi connectivity index (χ1v) is 7.50. The molecule has 3 rings (SSSR count). The molecule has 1 unspecified atom stereocenters. The van der Waals surface area contributed by atoms with Gasteiger partial charge in [0.05, 0.1) is 6.61 Å². The van der Waals surface area contributed by atoms with E-state index in [1.165, 1.54) is 22.9 Å². The van der Waals surface area contributed by atoms with Gasteiger partial charge in [-0.3, -0.25) is 4.79 Å². The molecule has 0 aliphatic carbocycles. The maximum absolute atomic E-state index is 12.1. The Bertz CT molecular complexity index is 657. The van der Waals surface area contributed by atoms with Gasteiger partial charge in [0.2, 0.25) is 5.91 Å². The molecule has 1 N–H and O–H groups in total. The molecular formula is C14H15BrN4O2. The molecule has 0 fully saturated rings. The predicted octanol–water partition coefficient (Wildman–Crippen LogP) is 1.85. The van der Waals surface area contributed by atoms with E-state index in [9.17, 15) is 4.79 Å². The highest BCUT2D eigenvalue weighted by Crippen LogP contribution is 2.32. The van der Waals surface area contributed by atoms with Gasteiger partial charge in [0.15, 0.2) is 0 Å². The first kappa shape index (κ1) is 14.1. The normalized spacial score (nSPS) is 14.4. The zero-order valence-electron chi connectivity index (χ0n) is 11.5. The number of nitrogens with zero attached hydrogens (tertiary/aromatic N) is 3. The van der Waals surface area contributed by atoms with E-state index < -0.39 is 6.04 Å². The van der Waals surface area contributed by atoms with Gasteiger partial charge in [-0.1, -0.05) is 15.9 Å². The number of amides is 1. The number of aromatic nitrogens is 3. The van der Waals surface area contributed by atoms with Gasteiger partial charge in [-0.05, 0) is 24.6 Å². The van der Waals surface area contributed by atoms with Crippen LogP contribution in [0.3, 0.4) is 0 Å². The Balaban J connectivity index is 1.69. The van der Waals surface area contributed by atoms with Gasteiger partial charge in [0.1, 0.15) is 24.4 Å². The third-order valence-corrected chi connectivity index (χ3v) is 3.95. The van der Waals surface area contributed by atoms with Crippen LogP contribution >= 0.6 is 15.9 Å². The second kappa shape index (κ2) is 5.85. The Labute approximate surface area is 130 Å². The molecule has 1 aromatic carbocycles. The molecule has 1 amide bonds. The van der Waals surface area contributed by atoms with E-state index in [2.05, 4.69) is 37.4 Å². The van der Waals surface area contributed by atoms with Crippen LogP contribution < -0.4 is 10.1 Å². The summed E-state index contributed by atoms with van der Waals surface area (Å²) in [5.74, 6) is 0.791. The van der Waals surface area contributed by atoms with Crippen LogP contribution in [0.5, 0.6) is 5.75 Å². The maximum atomic E-state index is 12.1. The molecule has 110 valence electrons. The molecule has 1 aliphatic heterocycles. The molecule has 1 aliphatic rings. The summed E-state index contributed by atoms with van der Waals surface area (Å²) in [5, 5.41) is 6.89. The molecule has 0 saturated carbocycles. The highest BCUT2D eigenvalue weighted by molar-refractivity contribution is 9.10. The third kappa shape index (κ3) is 2.92. The lowest BCUT2D eigenvalue weighted by atomic mass is 10.1. The van der Waals surface area contributed by atoms with E-state index in [1.54, 1.807) is 6.92 Å². The lowest BCUT2D eigenvalue weighted by molar-refractivity contribution is -0.124. The molecule has 2 heterocycles. The van der Waals surface area contributed by atoms with Gasteiger partial charge >= 0.3 is 0 Å². The quantitative estimate of drug-likeness (QED) is 0.913. The summed E-state index contributed by atoms with van der Waals surface area (Å²) in [6.45, 7) is 2.91. The molecule has 1 atom stereocenters. The molecular weight excluding hydrogens is 336 g/mol. The van der Waals surface area contributed by atoms with Crippen molar-refractivity contribution in [2.45, 2.75) is 25.9 Å². The van der Waals surface area contributed by atoms with Crippen molar-refractivity contribution < 1.29 is 9.53 Å². The fraction of sp³-hybridized carbons (Fsp3) is 0.357. The van der Waals surface area contributed by atoms with E-state index in [4.69, 9.17) is 4.74 Å². The Morgan fingerprint density at radius 1 is 1.57 bits per heavy atom. The highest BCUT2D eigenvalue weighted by atomic mass is 79.9. The Morgan fingerprint density at radius 3 is 3.19 bits per heavy atom. The van der Waals surface area contributed by atoms with Crippen LogP contribution in [0.1, 0.15) is 24.1 Å². The Hall–Kier alpha value is -1.89. The van der Waals surface area contributed by atoms with Crippen LogP contribution in [0.4, 0.5) is 0 Å². The van der Waals surface area contributed by atoms with Crippen LogP contribution in [-0.4, -0.2) is 27.3 Å². The van der Waals surface area contributed by atoms with E-state index in [1.807, 2.05) is 6.07 Å². The number of ether oxygens (including phenoxy) is 1. The molecule has 0 saturated heterocycles. The minimum atomic E-state index is -0.395. The first-order chi connectivity index (χ1) is 10.1. The standard InChI is InChI=1S/C14H15BrN4O2/c1-9(19-8-16-7-18-19)14(20)17-6-11-5-12(15)4-10-2-3-21-13(10)11/h4-5,7-9H,2-3,6H2,1H3,(H,17,20). The average Bonchev–Trinajstić information content (AvgIpc) is 3.13. The topological polar surface area (TPSA) is 69.0 Å². The van der Waals surface area contributed by atoms with E-state index in [-0.39, 0.29) is 5.91 Å². The van der Waals surface area contributed by atoms with Crippen molar-refractivity contribution in [3.05, 3.63) is 40.4 Å². The smallest absolute Gasteiger partial charge is 0.244 e. The summed E-state index contributed by atoms with van der Waals surface area (Å²) in [7, 11) is 0. The largest absolute Gasteiger partial charge is 0.493 e. The van der Waals surface area contributed by atoms with Gasteiger partial charge in [-0.25, -0.2) is 9.67 Å². The molecule has 1 aromatic heterocycles. The number of carbonyl (C=O) groups excluding carboxylic acids is 1. The zero-order valence-corrected chi connectivity index (χ0v) is 13.1. The summed E-state index contributed by atoms with van der Waals surface area (Å²) in [5.41, 5.74) is 2.16. The fourth-order valence-electron chi connectivity index (χ4n) is 2.34. The lowest BCUT2D eigenvalue weighted by Crippen LogP contribution is -2.31. The monoisotopic (exact) mass is 350 g/mol. The van der Waals surface area contributed by atoms with E-state index in [0.29, 0.717) is 13.2 Å². The Morgan fingerprint density at radius 2 is 2.43 bits per heavy atom. The van der Waals surface area contributed by atoms with Crippen molar-refractivity contribution in [1.29, 1.82) is 0 Å². The predicted molar refractivity (Wildman–Crippen MR) is 79.9 cm³/mol. The number of carbonyl (C=O) groups is 1. The second-order valence-electron chi connectivity index (χ2n) is 4.92. The summed E-state index contributed by atoms with van der Waals surface area (Å²) < 4.78 is 8.18. The molecule has 7 heteroatoms. The van der Waals surface area contributed by atoms with Crippen LogP contribution in [0.15, 0.2) is 29.3 Å². The molecule has 0 radical (unpaired) electrons. The Kier molecular flexibility index (Phi) is 3.92. The summed E-state index contributed by atoms with van der Waals surface area (Å²) in [4.78, 5) is 16.0. The molecule has 0 spiro atoms. The van der Waals surface area contributed by atoms with Gasteiger partial charge in [0, 0.05) is 23.0 Å². The molecule has 21 heavy (non-hydrogen) atoms. The van der Waals surface area contributed by atoms with E-state index in [0.717, 1.165) is 22.2 Å². The van der Waals surface area contributed by atoms with Gasteiger partial charge in [0.25, 0.3) is 0 Å². The number of halogens is 1. The van der Waals surface area contributed by atoms with Crippen molar-refractivity contribution in [2.75, 3.05) is 6.61 Å². The average molecular weight is 351 g/mol. The zero-order chi connectivity index (χ0) is 14.8. The van der Waals surface area contributed by atoms with Gasteiger partial charge in [-0.2, -0.15) is 5.10 Å². The minimum absolute atomic E-state index is 0.104. The maximum Gasteiger partial charge on any atom is 0.244 e. The van der Waals surface area contributed by atoms with Crippen LogP contribution in [0.2, 0.25) is 0 Å². The number of hydrogen-bond donors (Lipinski definition) is 1. The van der Waals surface area contributed by atoms with Crippen molar-refractivity contribution >= 4 is 21.8 Å². The van der Waals surface area contributed by atoms with Gasteiger partial charge in [-0.15, -0.1) is 0 Å². The van der Waals surface area contributed by atoms with Crippen LogP contribution in [0.25, 0.3) is 0 Å². The summed E-state index contributed by atoms with van der Waals surface area (Å²) in [6, 6.07) is 3.64. The van der Waals surface area contributed by atoms with Crippen molar-refractivity contribution in [1.82, 2.24) is 20.1 Å². The number of benzene rings is 1. The molecule has 6 nitrogen and oxygen atoms in total. The summed E-state index contributed by atoms with van der Waals surface area (Å²) >= 11 is 3.49. The second-order valence-corrected chi connectivity index (χ2v) is 5.84. The number of rotatable bonds is 4. The fourth-order valence-corrected chi connectivity index (χ4v) is 2.90. The highest BCUT2D eigenvalue weighted by Gasteiger charge is 2.19. The number of fused-ring (bicyclic) bond motifs is 1. The lowest BCUT2D eigenvalue weighted by Gasteiger charge is -2.14. The molecule has 0 bridgehead atoms. The number of nitrogens with one attached hydrogen (secondary N) is 1. The first-order valence-electron chi connectivity index (χ1n) is 6.71. The van der Waals surface area contributed by atoms with Crippen LogP contribution in [0, 0.1) is 0 Å². The minimum Gasteiger partial charge on any atom is -0.493 e.